The minimum absolute atomic E-state index is 0.193. The zero-order chi connectivity index (χ0) is 9.84. The molecule has 3 heteroatoms. The first-order valence-electron chi connectivity index (χ1n) is 5.03. The third-order valence-electron chi connectivity index (χ3n) is 3.03. The molecule has 1 rings (SSSR count). The van der Waals surface area contributed by atoms with Gasteiger partial charge in [-0.05, 0) is 44.3 Å². The zero-order valence-corrected chi connectivity index (χ0v) is 9.91. The Morgan fingerprint density at radius 1 is 1.62 bits per heavy atom. The molecular weight excluding hydrogens is 202 g/mol. The zero-order valence-electron chi connectivity index (χ0n) is 8.39. The molecule has 0 radical (unpaired) electrons. The van der Waals surface area contributed by atoms with E-state index in [0.29, 0.717) is 5.92 Å². The fraction of sp³-hybridized carbons (Fsp3) is 0.800. The molecule has 0 saturated carbocycles. The van der Waals surface area contributed by atoms with E-state index in [1.54, 1.807) is 0 Å². The monoisotopic (exact) mass is 218 g/mol. The first-order valence-corrected chi connectivity index (χ1v) is 5.90. The lowest BCUT2D eigenvalue weighted by Crippen LogP contribution is -2.16. The Kier molecular flexibility index (Phi) is 4.68. The quantitative estimate of drug-likeness (QED) is 0.489. The summed E-state index contributed by atoms with van der Waals surface area (Å²) in [5.74, 6) is 1.45. The van der Waals surface area contributed by atoms with Crippen LogP contribution in [-0.4, -0.2) is 5.54 Å². The van der Waals surface area contributed by atoms with Crippen molar-refractivity contribution in [3.05, 3.63) is 11.6 Å². The maximum absolute atomic E-state index is 5.77. The molecule has 0 fully saturated rings. The Morgan fingerprint density at radius 3 is 2.77 bits per heavy atom. The summed E-state index contributed by atoms with van der Waals surface area (Å²) in [6.45, 7) is 4.48. The molecule has 0 heterocycles. The lowest BCUT2D eigenvalue weighted by molar-refractivity contribution is 0.350. The normalized spacial score (nSPS) is 25.2. The number of hydrogen-bond acceptors (Lipinski definition) is 0. The van der Waals surface area contributed by atoms with Crippen LogP contribution >= 0.6 is 22.9 Å². The van der Waals surface area contributed by atoms with E-state index < -0.39 is 0 Å². The van der Waals surface area contributed by atoms with Gasteiger partial charge in [-0.15, -0.1) is 0 Å². The molecule has 0 N–H and O–H groups in total. The topological polar surface area (TPSA) is 0 Å². The fourth-order valence-corrected chi connectivity index (χ4v) is 2.54. The predicted molar refractivity (Wildman–Crippen MR) is 62.5 cm³/mol. The summed E-state index contributed by atoms with van der Waals surface area (Å²) in [5.41, 5.74) is 1.35. The van der Waals surface area contributed by atoms with Crippen LogP contribution in [0.15, 0.2) is 11.6 Å². The Hall–Kier alpha value is 0.385. The number of hydrogen-bond donors (Lipinski definition) is 0. The van der Waals surface area contributed by atoms with Gasteiger partial charge in [0.25, 0.3) is 0 Å². The smallest absolute Gasteiger partial charge is 0.172 e. The van der Waals surface area contributed by atoms with Gasteiger partial charge >= 0.3 is 5.54 Å². The maximum atomic E-state index is 5.77. The molecule has 0 saturated heterocycles. The first kappa shape index (κ1) is 11.5. The summed E-state index contributed by atoms with van der Waals surface area (Å²) < 4.78 is 0. The van der Waals surface area contributed by atoms with E-state index in [1.807, 2.05) is 0 Å². The van der Waals surface area contributed by atoms with Crippen molar-refractivity contribution in [3.8, 4) is 0 Å². The van der Waals surface area contributed by atoms with Gasteiger partial charge in [-0.2, -0.15) is 22.9 Å². The van der Waals surface area contributed by atoms with E-state index in [2.05, 4.69) is 19.9 Å². The van der Waals surface area contributed by atoms with Crippen LogP contribution in [0.3, 0.4) is 0 Å². The largest absolute Gasteiger partial charge is 0.351 e. The molecule has 0 aromatic carbocycles. The molecule has 0 amide bonds. The number of rotatable bonds is 3. The molecule has 0 aromatic rings. The van der Waals surface area contributed by atoms with E-state index in [1.165, 1.54) is 24.8 Å². The van der Waals surface area contributed by atoms with E-state index in [9.17, 15) is 0 Å². The summed E-state index contributed by atoms with van der Waals surface area (Å²) in [5, 5.41) is 0. The highest BCUT2D eigenvalue weighted by atomic mass is 35.5. The number of allylic oxidation sites excluding steroid dienone is 2. The molecule has 0 spiro atoms. The van der Waals surface area contributed by atoms with Crippen molar-refractivity contribution in [2.75, 3.05) is 0 Å². The Labute approximate surface area is 91.6 Å². The second-order valence-corrected chi connectivity index (χ2v) is 5.47. The standard InChI is InChI=1S/C10H17BCl2/c1-8-3-5-10(6-4-8)9(2)7-11(12)13/h3,9-10H,4-7H2,1-2H3. The molecule has 0 nitrogen and oxygen atoms in total. The van der Waals surface area contributed by atoms with Crippen molar-refractivity contribution in [1.82, 2.24) is 0 Å². The molecular formula is C10H17BCl2. The van der Waals surface area contributed by atoms with E-state index in [4.69, 9.17) is 22.9 Å². The summed E-state index contributed by atoms with van der Waals surface area (Å²) in [7, 11) is 0. The van der Waals surface area contributed by atoms with Crippen molar-refractivity contribution < 1.29 is 0 Å². The molecule has 0 aliphatic heterocycles. The van der Waals surface area contributed by atoms with Gasteiger partial charge in [0.1, 0.15) is 0 Å². The van der Waals surface area contributed by atoms with Crippen molar-refractivity contribution in [3.63, 3.8) is 0 Å². The highest BCUT2D eigenvalue weighted by molar-refractivity contribution is 7.33. The van der Waals surface area contributed by atoms with Crippen molar-refractivity contribution in [1.29, 1.82) is 0 Å². The Balaban J connectivity index is 2.36. The molecule has 2 atom stereocenters. The van der Waals surface area contributed by atoms with Crippen LogP contribution in [0.2, 0.25) is 6.32 Å². The highest BCUT2D eigenvalue weighted by Crippen LogP contribution is 2.32. The highest BCUT2D eigenvalue weighted by Gasteiger charge is 2.22. The van der Waals surface area contributed by atoms with Crippen molar-refractivity contribution >= 4 is 28.5 Å². The average molecular weight is 219 g/mol. The van der Waals surface area contributed by atoms with Crippen LogP contribution in [0.5, 0.6) is 0 Å². The second kappa shape index (κ2) is 5.31. The average Bonchev–Trinajstić information content (AvgIpc) is 2.04. The van der Waals surface area contributed by atoms with Gasteiger partial charge in [-0.1, -0.05) is 18.6 Å². The maximum Gasteiger partial charge on any atom is 0.351 e. The minimum Gasteiger partial charge on any atom is -0.172 e. The number of halogens is 2. The molecule has 13 heavy (non-hydrogen) atoms. The van der Waals surface area contributed by atoms with Crippen molar-refractivity contribution in [2.24, 2.45) is 11.8 Å². The van der Waals surface area contributed by atoms with E-state index in [-0.39, 0.29) is 5.54 Å². The first-order chi connectivity index (χ1) is 6.09. The summed E-state index contributed by atoms with van der Waals surface area (Å²) in [6.07, 6.45) is 7.07. The van der Waals surface area contributed by atoms with Crippen LogP contribution < -0.4 is 0 Å². The summed E-state index contributed by atoms with van der Waals surface area (Å²) >= 11 is 11.5. The van der Waals surface area contributed by atoms with Crippen LogP contribution in [-0.2, 0) is 0 Å². The summed E-state index contributed by atoms with van der Waals surface area (Å²) in [6, 6.07) is 0. The van der Waals surface area contributed by atoms with Crippen LogP contribution in [0, 0.1) is 11.8 Å². The molecule has 2 unspecified atom stereocenters. The Bertz CT molecular complexity index is 189. The van der Waals surface area contributed by atoms with Gasteiger partial charge in [-0.25, -0.2) is 0 Å². The van der Waals surface area contributed by atoms with Crippen LogP contribution in [0.1, 0.15) is 33.1 Å². The second-order valence-electron chi connectivity index (χ2n) is 4.19. The van der Waals surface area contributed by atoms with Crippen LogP contribution in [0.4, 0.5) is 0 Å². The third kappa shape index (κ3) is 3.95. The SMILES string of the molecule is CC1=CCC(C(C)CB(Cl)Cl)CC1. The van der Waals surface area contributed by atoms with Gasteiger partial charge in [0.2, 0.25) is 0 Å². The molecule has 1 aliphatic rings. The fourth-order valence-electron chi connectivity index (χ4n) is 1.98. The van der Waals surface area contributed by atoms with E-state index in [0.717, 1.165) is 12.2 Å². The van der Waals surface area contributed by atoms with Crippen LogP contribution in [0.25, 0.3) is 0 Å². The van der Waals surface area contributed by atoms with Gasteiger partial charge in [0, 0.05) is 0 Å². The van der Waals surface area contributed by atoms with Gasteiger partial charge < -0.3 is 0 Å². The van der Waals surface area contributed by atoms with Crippen molar-refractivity contribution in [2.45, 2.75) is 39.4 Å². The minimum atomic E-state index is -0.193. The Morgan fingerprint density at radius 2 is 2.31 bits per heavy atom. The molecule has 0 aromatic heterocycles. The lowest BCUT2D eigenvalue weighted by Gasteiger charge is -2.26. The third-order valence-corrected chi connectivity index (χ3v) is 3.39. The summed E-state index contributed by atoms with van der Waals surface area (Å²) in [4.78, 5) is 0. The molecule has 0 bridgehead atoms. The molecule has 1 aliphatic carbocycles. The predicted octanol–water partition coefficient (Wildman–Crippen LogP) is 4.33. The lowest BCUT2D eigenvalue weighted by atomic mass is 9.75. The van der Waals surface area contributed by atoms with Gasteiger partial charge in [0.15, 0.2) is 0 Å². The van der Waals surface area contributed by atoms with Gasteiger partial charge in [-0.3, -0.25) is 0 Å². The van der Waals surface area contributed by atoms with E-state index >= 15 is 0 Å². The van der Waals surface area contributed by atoms with Gasteiger partial charge in [0.05, 0.1) is 0 Å². The molecule has 74 valence electrons.